The average molecular weight is 509 g/mol. The van der Waals surface area contributed by atoms with E-state index in [1.54, 1.807) is 39.0 Å². The van der Waals surface area contributed by atoms with Crippen molar-refractivity contribution in [3.05, 3.63) is 84.5 Å². The fourth-order valence-electron chi connectivity index (χ4n) is 4.02. The number of benzene rings is 2. The summed E-state index contributed by atoms with van der Waals surface area (Å²) < 4.78 is 18.3. The van der Waals surface area contributed by atoms with Crippen molar-refractivity contribution in [2.45, 2.75) is 39.8 Å². The van der Waals surface area contributed by atoms with Gasteiger partial charge in [0.15, 0.2) is 16.3 Å². The summed E-state index contributed by atoms with van der Waals surface area (Å²) in [6, 6.07) is 11.5. The Labute approximate surface area is 212 Å². The van der Waals surface area contributed by atoms with E-state index < -0.39 is 12.0 Å². The number of fused-ring (bicyclic) bond motifs is 1. The Bertz CT molecular complexity index is 1500. The lowest BCUT2D eigenvalue weighted by atomic mass is 9.96. The van der Waals surface area contributed by atoms with E-state index in [1.165, 1.54) is 29.1 Å². The van der Waals surface area contributed by atoms with E-state index in [-0.39, 0.29) is 17.4 Å². The summed E-state index contributed by atoms with van der Waals surface area (Å²) in [4.78, 5) is 31.9. The third-order valence-electron chi connectivity index (χ3n) is 5.59. The van der Waals surface area contributed by atoms with Crippen LogP contribution in [0.1, 0.15) is 44.9 Å². The van der Waals surface area contributed by atoms with E-state index in [0.29, 0.717) is 44.3 Å². The van der Waals surface area contributed by atoms with Crippen LogP contribution in [0.2, 0.25) is 0 Å². The summed E-state index contributed by atoms with van der Waals surface area (Å²) in [5, 5.41) is 9.90. The molecule has 36 heavy (non-hydrogen) atoms. The number of methoxy groups -OCH3 is 1. The Morgan fingerprint density at radius 1 is 1.22 bits per heavy atom. The number of phenols is 1. The summed E-state index contributed by atoms with van der Waals surface area (Å²) in [6.45, 7) is 7.74. The van der Waals surface area contributed by atoms with Crippen molar-refractivity contribution in [1.29, 1.82) is 0 Å². The van der Waals surface area contributed by atoms with Crippen LogP contribution >= 0.6 is 11.3 Å². The van der Waals surface area contributed by atoms with Crippen molar-refractivity contribution in [2.75, 3.05) is 13.7 Å². The predicted molar refractivity (Wildman–Crippen MR) is 137 cm³/mol. The van der Waals surface area contributed by atoms with Gasteiger partial charge in [0, 0.05) is 0 Å². The van der Waals surface area contributed by atoms with Crippen LogP contribution in [-0.4, -0.2) is 35.5 Å². The standard InChI is InChI=1S/C27H28N2O6S/c1-6-34-19-10-8-18(9-11-19)24-23(26(32)35-15(2)3)16(4)28-27-29(24)25(31)22(36-27)14-17-7-12-20(30)21(13-17)33-5/h7-15,24,30H,6H2,1-5H3. The van der Waals surface area contributed by atoms with Crippen molar-refractivity contribution in [3.63, 3.8) is 0 Å². The molecule has 188 valence electrons. The lowest BCUT2D eigenvalue weighted by Crippen LogP contribution is -2.40. The maximum Gasteiger partial charge on any atom is 0.338 e. The number of carbonyl (C=O) groups is 1. The van der Waals surface area contributed by atoms with E-state index in [4.69, 9.17) is 14.2 Å². The van der Waals surface area contributed by atoms with Gasteiger partial charge in [-0.05, 0) is 69.2 Å². The van der Waals surface area contributed by atoms with Crippen LogP contribution in [0.15, 0.2) is 63.5 Å². The molecule has 1 aromatic heterocycles. The van der Waals surface area contributed by atoms with E-state index in [0.717, 1.165) is 5.56 Å². The molecule has 1 aliphatic rings. The number of nitrogens with zero attached hydrogens (tertiary/aromatic N) is 2. The average Bonchev–Trinajstić information content (AvgIpc) is 3.14. The number of hydrogen-bond acceptors (Lipinski definition) is 8. The minimum Gasteiger partial charge on any atom is -0.504 e. The molecule has 8 nitrogen and oxygen atoms in total. The normalized spacial score (nSPS) is 15.5. The summed E-state index contributed by atoms with van der Waals surface area (Å²) >= 11 is 1.23. The van der Waals surface area contributed by atoms with Gasteiger partial charge < -0.3 is 19.3 Å². The fourth-order valence-corrected chi connectivity index (χ4v) is 5.07. The van der Waals surface area contributed by atoms with Crippen molar-refractivity contribution in [3.8, 4) is 17.2 Å². The van der Waals surface area contributed by atoms with Gasteiger partial charge in [0.2, 0.25) is 0 Å². The molecule has 0 saturated heterocycles. The molecule has 0 spiro atoms. The van der Waals surface area contributed by atoms with Crippen LogP contribution in [0.5, 0.6) is 17.2 Å². The second-order valence-electron chi connectivity index (χ2n) is 8.47. The maximum atomic E-state index is 13.7. The Balaban J connectivity index is 1.90. The first-order valence-electron chi connectivity index (χ1n) is 11.6. The number of carbonyl (C=O) groups excluding carboxylic acids is 1. The Morgan fingerprint density at radius 2 is 1.94 bits per heavy atom. The van der Waals surface area contributed by atoms with Gasteiger partial charge in [-0.25, -0.2) is 9.79 Å². The molecular formula is C27H28N2O6S. The minimum absolute atomic E-state index is 0.00976. The topological polar surface area (TPSA) is 99.4 Å². The van der Waals surface area contributed by atoms with Gasteiger partial charge >= 0.3 is 5.97 Å². The third kappa shape index (κ3) is 4.92. The highest BCUT2D eigenvalue weighted by molar-refractivity contribution is 7.07. The second kappa shape index (κ2) is 10.4. The second-order valence-corrected chi connectivity index (χ2v) is 9.48. The van der Waals surface area contributed by atoms with Crippen LogP contribution in [0.3, 0.4) is 0 Å². The largest absolute Gasteiger partial charge is 0.504 e. The molecule has 1 aliphatic heterocycles. The number of aromatic hydroxyl groups is 1. The van der Waals surface area contributed by atoms with Crippen LogP contribution in [-0.2, 0) is 9.53 Å². The van der Waals surface area contributed by atoms with Gasteiger partial charge in [0.25, 0.3) is 5.56 Å². The number of thiazole rings is 1. The minimum atomic E-state index is -0.709. The Hall–Kier alpha value is -3.85. The number of allylic oxidation sites excluding steroid dienone is 1. The van der Waals surface area contributed by atoms with E-state index >= 15 is 0 Å². The lowest BCUT2D eigenvalue weighted by Gasteiger charge is -2.25. The summed E-state index contributed by atoms with van der Waals surface area (Å²) in [7, 11) is 1.46. The van der Waals surface area contributed by atoms with Crippen molar-refractivity contribution >= 4 is 23.4 Å². The molecule has 4 rings (SSSR count). The third-order valence-corrected chi connectivity index (χ3v) is 6.58. The molecule has 0 amide bonds. The number of phenolic OH excluding ortho intramolecular Hbond substituents is 1. The molecule has 0 bridgehead atoms. The summed E-state index contributed by atoms with van der Waals surface area (Å²) in [5.41, 5.74) is 1.95. The van der Waals surface area contributed by atoms with E-state index in [1.807, 2.05) is 31.2 Å². The zero-order valence-corrected chi connectivity index (χ0v) is 21.6. The van der Waals surface area contributed by atoms with Gasteiger partial charge in [0.05, 0.1) is 41.7 Å². The SMILES string of the molecule is CCOc1ccc(C2C(C(=O)OC(C)C)=C(C)N=c3sc(=Cc4ccc(O)c(OC)c4)c(=O)n32)cc1. The van der Waals surface area contributed by atoms with Crippen LogP contribution < -0.4 is 24.4 Å². The number of aromatic nitrogens is 1. The monoisotopic (exact) mass is 508 g/mol. The van der Waals surface area contributed by atoms with E-state index in [9.17, 15) is 14.7 Å². The maximum absolute atomic E-state index is 13.7. The molecule has 2 aromatic carbocycles. The highest BCUT2D eigenvalue weighted by Gasteiger charge is 2.33. The molecule has 9 heteroatoms. The molecule has 0 aliphatic carbocycles. The lowest BCUT2D eigenvalue weighted by molar-refractivity contribution is -0.143. The molecule has 1 atom stereocenters. The van der Waals surface area contributed by atoms with Gasteiger partial charge in [0.1, 0.15) is 5.75 Å². The van der Waals surface area contributed by atoms with Gasteiger partial charge in [-0.3, -0.25) is 9.36 Å². The molecule has 2 heterocycles. The Morgan fingerprint density at radius 3 is 2.58 bits per heavy atom. The molecular weight excluding hydrogens is 480 g/mol. The van der Waals surface area contributed by atoms with Gasteiger partial charge in [-0.15, -0.1) is 0 Å². The number of esters is 1. The first kappa shape index (κ1) is 25.2. The predicted octanol–water partition coefficient (Wildman–Crippen LogP) is 3.30. The van der Waals surface area contributed by atoms with Crippen molar-refractivity contribution < 1.29 is 24.1 Å². The van der Waals surface area contributed by atoms with E-state index in [2.05, 4.69) is 4.99 Å². The smallest absolute Gasteiger partial charge is 0.338 e. The molecule has 1 unspecified atom stereocenters. The zero-order valence-electron chi connectivity index (χ0n) is 20.8. The van der Waals surface area contributed by atoms with Gasteiger partial charge in [-0.2, -0.15) is 0 Å². The quantitative estimate of drug-likeness (QED) is 0.492. The van der Waals surface area contributed by atoms with Gasteiger partial charge in [-0.1, -0.05) is 29.5 Å². The number of rotatable bonds is 7. The number of ether oxygens (including phenoxy) is 3. The number of hydrogen-bond donors (Lipinski definition) is 1. The first-order valence-corrected chi connectivity index (χ1v) is 12.4. The van der Waals surface area contributed by atoms with Crippen molar-refractivity contribution in [1.82, 2.24) is 4.57 Å². The first-order chi connectivity index (χ1) is 17.2. The highest BCUT2D eigenvalue weighted by atomic mass is 32.1. The fraction of sp³-hybridized carbons (Fsp3) is 0.296. The zero-order chi connectivity index (χ0) is 26.0. The molecule has 3 aromatic rings. The van der Waals surface area contributed by atoms with Crippen LogP contribution in [0, 0.1) is 0 Å². The molecule has 1 N–H and O–H groups in total. The van der Waals surface area contributed by atoms with Crippen LogP contribution in [0.25, 0.3) is 6.08 Å². The molecule has 0 fully saturated rings. The molecule has 0 saturated carbocycles. The Kier molecular flexibility index (Phi) is 7.30. The van der Waals surface area contributed by atoms with Crippen LogP contribution in [0.4, 0.5) is 0 Å². The van der Waals surface area contributed by atoms with Crippen molar-refractivity contribution in [2.24, 2.45) is 4.99 Å². The molecule has 0 radical (unpaired) electrons. The highest BCUT2D eigenvalue weighted by Crippen LogP contribution is 2.32. The summed E-state index contributed by atoms with van der Waals surface area (Å²) in [5.74, 6) is 0.499. The summed E-state index contributed by atoms with van der Waals surface area (Å²) in [6.07, 6.45) is 1.39.